The molecule has 0 aliphatic carbocycles. The van der Waals surface area contributed by atoms with Crippen molar-refractivity contribution in [3.63, 3.8) is 0 Å². The normalized spacial score (nSPS) is 12.2. The van der Waals surface area contributed by atoms with Crippen LogP contribution in [0.3, 0.4) is 0 Å². The van der Waals surface area contributed by atoms with E-state index in [-0.39, 0.29) is 11.8 Å². The number of hydrogen-bond donors (Lipinski definition) is 0. The van der Waals surface area contributed by atoms with Gasteiger partial charge in [-0.05, 0) is 44.0 Å². The minimum atomic E-state index is -0.421. The van der Waals surface area contributed by atoms with Crippen molar-refractivity contribution >= 4 is 29.2 Å². The predicted molar refractivity (Wildman–Crippen MR) is 103 cm³/mol. The molecule has 0 unspecified atom stereocenters. The van der Waals surface area contributed by atoms with Crippen molar-refractivity contribution in [3.05, 3.63) is 56.6 Å². The lowest BCUT2D eigenvalue weighted by atomic mass is 10.2. The minimum absolute atomic E-state index is 0.00836. The lowest BCUT2D eigenvalue weighted by Gasteiger charge is -2.17. The zero-order chi connectivity index (χ0) is 19.3. The van der Waals surface area contributed by atoms with E-state index in [2.05, 4.69) is 4.99 Å². The number of halogens is 1. The molecule has 0 aliphatic rings. The topological polar surface area (TPSA) is 74.0 Å². The fraction of sp³-hybridized carbons (Fsp3) is 0.316. The molecule has 7 heteroatoms. The molecule has 138 valence electrons. The molecule has 0 fully saturated rings. The van der Waals surface area contributed by atoms with Crippen LogP contribution in [0, 0.1) is 17.0 Å². The van der Waals surface area contributed by atoms with Gasteiger partial charge in [0.25, 0.3) is 5.69 Å². The van der Waals surface area contributed by atoms with Crippen molar-refractivity contribution in [1.82, 2.24) is 0 Å². The number of hydrogen-bond acceptors (Lipinski definition) is 5. The summed E-state index contributed by atoms with van der Waals surface area (Å²) >= 11 is 6.33. The predicted octanol–water partition coefficient (Wildman–Crippen LogP) is 5.49. The van der Waals surface area contributed by atoms with Crippen molar-refractivity contribution in [3.8, 4) is 11.5 Å². The van der Waals surface area contributed by atoms with Gasteiger partial charge in [0.2, 0.25) is 0 Å². The van der Waals surface area contributed by atoms with Crippen LogP contribution in [0.5, 0.6) is 11.5 Å². The zero-order valence-corrected chi connectivity index (χ0v) is 15.9. The molecule has 0 spiro atoms. The monoisotopic (exact) mass is 376 g/mol. The van der Waals surface area contributed by atoms with Gasteiger partial charge in [-0.3, -0.25) is 15.1 Å². The Bertz CT molecular complexity index is 837. The zero-order valence-electron chi connectivity index (χ0n) is 15.2. The van der Waals surface area contributed by atoms with Crippen LogP contribution < -0.4 is 9.47 Å². The van der Waals surface area contributed by atoms with Gasteiger partial charge in [0.1, 0.15) is 0 Å². The van der Waals surface area contributed by atoms with E-state index in [0.717, 1.165) is 6.42 Å². The van der Waals surface area contributed by atoms with Gasteiger partial charge in [0.05, 0.1) is 28.8 Å². The summed E-state index contributed by atoms with van der Waals surface area (Å²) in [4.78, 5) is 14.9. The number of rotatable bonds is 7. The van der Waals surface area contributed by atoms with Crippen molar-refractivity contribution in [2.45, 2.75) is 33.3 Å². The van der Waals surface area contributed by atoms with E-state index in [9.17, 15) is 10.1 Å². The molecular formula is C19H21ClN2O4. The van der Waals surface area contributed by atoms with Gasteiger partial charge >= 0.3 is 0 Å². The Hall–Kier alpha value is -2.60. The van der Waals surface area contributed by atoms with Crippen LogP contribution in [0.2, 0.25) is 5.02 Å². The second-order valence-electron chi connectivity index (χ2n) is 5.86. The Morgan fingerprint density at radius 2 is 2.08 bits per heavy atom. The Labute approximate surface area is 157 Å². The highest BCUT2D eigenvalue weighted by molar-refractivity contribution is 6.32. The molecule has 2 aromatic carbocycles. The third-order valence-corrected chi connectivity index (χ3v) is 4.18. The van der Waals surface area contributed by atoms with Gasteiger partial charge in [0.15, 0.2) is 11.5 Å². The second kappa shape index (κ2) is 8.67. The molecule has 26 heavy (non-hydrogen) atoms. The number of methoxy groups -OCH3 is 1. The van der Waals surface area contributed by atoms with Gasteiger partial charge in [-0.1, -0.05) is 24.6 Å². The van der Waals surface area contributed by atoms with E-state index in [0.29, 0.717) is 33.3 Å². The first kappa shape index (κ1) is 19.7. The number of nitro benzene ring substituents is 1. The van der Waals surface area contributed by atoms with Crippen LogP contribution in [0.4, 0.5) is 11.4 Å². The van der Waals surface area contributed by atoms with E-state index in [4.69, 9.17) is 21.1 Å². The Kier molecular flexibility index (Phi) is 6.58. The molecular weight excluding hydrogens is 356 g/mol. The van der Waals surface area contributed by atoms with Gasteiger partial charge < -0.3 is 9.47 Å². The van der Waals surface area contributed by atoms with Gasteiger partial charge in [-0.2, -0.15) is 0 Å². The third kappa shape index (κ3) is 4.73. The van der Waals surface area contributed by atoms with Crippen LogP contribution in [0.1, 0.15) is 31.4 Å². The first-order valence-electron chi connectivity index (χ1n) is 8.19. The van der Waals surface area contributed by atoms with Crippen molar-refractivity contribution < 1.29 is 14.4 Å². The van der Waals surface area contributed by atoms with Gasteiger partial charge in [-0.25, -0.2) is 0 Å². The summed E-state index contributed by atoms with van der Waals surface area (Å²) in [5.74, 6) is 1.00. The number of ether oxygens (including phenoxy) is 2. The van der Waals surface area contributed by atoms with E-state index < -0.39 is 4.92 Å². The van der Waals surface area contributed by atoms with Gasteiger partial charge in [0, 0.05) is 17.8 Å². The van der Waals surface area contributed by atoms with Crippen LogP contribution in [0.15, 0.2) is 35.3 Å². The number of benzene rings is 2. The Morgan fingerprint density at radius 1 is 1.35 bits per heavy atom. The molecule has 0 bridgehead atoms. The minimum Gasteiger partial charge on any atom is -0.493 e. The van der Waals surface area contributed by atoms with Crippen LogP contribution in [0.25, 0.3) is 0 Å². The molecule has 0 radical (unpaired) electrons. The molecule has 0 heterocycles. The fourth-order valence-electron chi connectivity index (χ4n) is 2.24. The smallest absolute Gasteiger partial charge is 0.274 e. The Morgan fingerprint density at radius 3 is 2.69 bits per heavy atom. The third-order valence-electron chi connectivity index (χ3n) is 3.90. The van der Waals surface area contributed by atoms with Crippen molar-refractivity contribution in [1.29, 1.82) is 0 Å². The summed E-state index contributed by atoms with van der Waals surface area (Å²) < 4.78 is 11.2. The lowest BCUT2D eigenvalue weighted by molar-refractivity contribution is -0.385. The highest BCUT2D eigenvalue weighted by Gasteiger charge is 2.14. The fourth-order valence-corrected chi connectivity index (χ4v) is 2.50. The Balaban J connectivity index is 2.32. The molecule has 0 aromatic heterocycles. The van der Waals surface area contributed by atoms with Gasteiger partial charge in [-0.15, -0.1) is 0 Å². The SMILES string of the molecule is CC[C@H](C)Oc1c(Cl)cc(C=Nc2ccc(C)c([N+](=O)[O-])c2)cc1OC. The standard InChI is InChI=1S/C19H21ClN2O4/c1-5-13(3)26-19-16(20)8-14(9-18(19)25-4)11-21-15-7-6-12(2)17(10-15)22(23)24/h6-11,13H,5H2,1-4H3/t13-/m0/s1. The van der Waals surface area contributed by atoms with E-state index in [1.807, 2.05) is 13.8 Å². The van der Waals surface area contributed by atoms with Crippen molar-refractivity contribution in [2.24, 2.45) is 4.99 Å². The first-order valence-corrected chi connectivity index (χ1v) is 8.56. The number of aliphatic imine (C=N–C) groups is 1. The summed E-state index contributed by atoms with van der Waals surface area (Å²) in [6.45, 7) is 5.66. The quantitative estimate of drug-likeness (QED) is 0.363. The molecule has 1 atom stereocenters. The van der Waals surface area contributed by atoms with E-state index in [1.165, 1.54) is 6.07 Å². The highest BCUT2D eigenvalue weighted by Crippen LogP contribution is 2.37. The number of nitrogens with zero attached hydrogens (tertiary/aromatic N) is 2. The molecule has 0 aliphatic heterocycles. The molecule has 0 saturated heterocycles. The molecule has 0 N–H and O–H groups in total. The highest BCUT2D eigenvalue weighted by atomic mass is 35.5. The molecule has 2 aromatic rings. The number of aryl methyl sites for hydroxylation is 1. The largest absolute Gasteiger partial charge is 0.493 e. The summed E-state index contributed by atoms with van der Waals surface area (Å²) in [6, 6.07) is 8.30. The summed E-state index contributed by atoms with van der Waals surface area (Å²) in [5, 5.41) is 11.5. The van der Waals surface area contributed by atoms with Crippen LogP contribution >= 0.6 is 11.6 Å². The maximum atomic E-state index is 11.0. The van der Waals surface area contributed by atoms with E-state index in [1.54, 1.807) is 44.5 Å². The van der Waals surface area contributed by atoms with Crippen molar-refractivity contribution in [2.75, 3.05) is 7.11 Å². The maximum absolute atomic E-state index is 11.0. The van der Waals surface area contributed by atoms with E-state index >= 15 is 0 Å². The first-order chi connectivity index (χ1) is 12.3. The van der Waals surface area contributed by atoms with Crippen LogP contribution in [-0.4, -0.2) is 24.4 Å². The maximum Gasteiger partial charge on any atom is 0.274 e. The second-order valence-corrected chi connectivity index (χ2v) is 6.26. The molecule has 2 rings (SSSR count). The molecule has 6 nitrogen and oxygen atoms in total. The van der Waals surface area contributed by atoms with Crippen LogP contribution in [-0.2, 0) is 0 Å². The molecule has 0 saturated carbocycles. The lowest BCUT2D eigenvalue weighted by Crippen LogP contribution is -2.11. The number of nitro groups is 1. The summed E-state index contributed by atoms with van der Waals surface area (Å²) in [5.41, 5.74) is 1.81. The molecule has 0 amide bonds. The summed E-state index contributed by atoms with van der Waals surface area (Å²) in [6.07, 6.45) is 2.43. The average molecular weight is 377 g/mol. The summed E-state index contributed by atoms with van der Waals surface area (Å²) in [7, 11) is 1.54. The average Bonchev–Trinajstić information content (AvgIpc) is 2.62.